The molecule has 0 aliphatic heterocycles. The summed E-state index contributed by atoms with van der Waals surface area (Å²) in [7, 11) is 0. The third kappa shape index (κ3) is 3.84. The second-order valence-electron chi connectivity index (χ2n) is 4.90. The fraction of sp³-hybridized carbons (Fsp3) is 0.200. The van der Waals surface area contributed by atoms with Crippen LogP contribution < -0.4 is 5.56 Å². The van der Waals surface area contributed by atoms with Gasteiger partial charge in [0.15, 0.2) is 17.5 Å². The Bertz CT molecular complexity index is 888. The predicted octanol–water partition coefficient (Wildman–Crippen LogP) is 2.40. The molecule has 0 amide bonds. The van der Waals surface area contributed by atoms with Crippen molar-refractivity contribution in [3.8, 4) is 0 Å². The summed E-state index contributed by atoms with van der Waals surface area (Å²) >= 11 is 0. The quantitative estimate of drug-likeness (QED) is 0.355. The topological polar surface area (TPSA) is 91.4 Å². The highest BCUT2D eigenvalue weighted by Gasteiger charge is 2.21. The van der Waals surface area contributed by atoms with Crippen LogP contribution in [0.5, 0.6) is 0 Å². The molecule has 0 aliphatic carbocycles. The van der Waals surface area contributed by atoms with E-state index in [1.54, 1.807) is 0 Å². The Hall–Kier alpha value is -3.17. The molecule has 25 heavy (non-hydrogen) atoms. The largest absolute Gasteiger partial charge is 0.462 e. The van der Waals surface area contributed by atoms with E-state index in [9.17, 15) is 32.9 Å². The monoisotopic (exact) mass is 356 g/mol. The summed E-state index contributed by atoms with van der Waals surface area (Å²) in [5.74, 6) is -5.69. The van der Waals surface area contributed by atoms with Gasteiger partial charge in [-0.15, -0.1) is 0 Å². The molecule has 0 radical (unpaired) electrons. The number of carbonyl (C=O) groups excluding carboxylic acids is 1. The number of ether oxygens (including phenoxy) is 1. The Labute approximate surface area is 138 Å². The first-order valence-corrected chi connectivity index (χ1v) is 6.94. The van der Waals surface area contributed by atoms with Gasteiger partial charge in [0.05, 0.1) is 24.3 Å². The van der Waals surface area contributed by atoms with Gasteiger partial charge in [-0.25, -0.2) is 18.0 Å². The number of benzene rings is 1. The van der Waals surface area contributed by atoms with Crippen molar-refractivity contribution in [2.75, 3.05) is 6.61 Å². The first kappa shape index (κ1) is 18.2. The summed E-state index contributed by atoms with van der Waals surface area (Å²) in [5, 5.41) is 11.0. The Balaban J connectivity index is 2.55. The van der Waals surface area contributed by atoms with Gasteiger partial charge < -0.3 is 9.30 Å². The van der Waals surface area contributed by atoms with Crippen molar-refractivity contribution in [3.63, 3.8) is 0 Å². The normalized spacial score (nSPS) is 10.6. The lowest BCUT2D eigenvalue weighted by molar-refractivity contribution is -0.385. The molecule has 2 aromatic rings. The van der Waals surface area contributed by atoms with Gasteiger partial charge in [-0.05, 0) is 24.6 Å². The number of esters is 1. The van der Waals surface area contributed by atoms with Crippen molar-refractivity contribution >= 4 is 11.7 Å². The van der Waals surface area contributed by atoms with Crippen LogP contribution >= 0.6 is 0 Å². The zero-order chi connectivity index (χ0) is 18.7. The molecule has 1 aromatic heterocycles. The van der Waals surface area contributed by atoms with Gasteiger partial charge in [-0.3, -0.25) is 14.9 Å². The summed E-state index contributed by atoms with van der Waals surface area (Å²) in [6.45, 7) is 0.911. The number of carbonyl (C=O) groups is 1. The van der Waals surface area contributed by atoms with Crippen molar-refractivity contribution in [2.24, 2.45) is 0 Å². The molecule has 0 N–H and O–H groups in total. The van der Waals surface area contributed by atoms with Crippen LogP contribution in [0.1, 0.15) is 22.8 Å². The molecule has 0 unspecified atom stereocenters. The Kier molecular flexibility index (Phi) is 5.20. The average molecular weight is 356 g/mol. The molecule has 1 aromatic carbocycles. The van der Waals surface area contributed by atoms with Gasteiger partial charge in [0.1, 0.15) is 5.56 Å². The van der Waals surface area contributed by atoms with Crippen molar-refractivity contribution in [1.29, 1.82) is 0 Å². The summed E-state index contributed by atoms with van der Waals surface area (Å²) in [6.07, 6.45) is 0.810. The van der Waals surface area contributed by atoms with E-state index in [-0.39, 0.29) is 12.2 Å². The number of nitrogens with zero attached hydrogens (tertiary/aromatic N) is 2. The minimum atomic E-state index is -1.68. The van der Waals surface area contributed by atoms with E-state index in [0.717, 1.165) is 16.8 Å². The summed E-state index contributed by atoms with van der Waals surface area (Å²) in [4.78, 5) is 34.2. The van der Waals surface area contributed by atoms with Crippen LogP contribution in [-0.4, -0.2) is 22.1 Å². The van der Waals surface area contributed by atoms with E-state index in [1.165, 1.54) is 6.92 Å². The number of hydrogen-bond acceptors (Lipinski definition) is 5. The highest BCUT2D eigenvalue weighted by Crippen LogP contribution is 2.16. The van der Waals surface area contributed by atoms with E-state index < -0.39 is 51.7 Å². The predicted molar refractivity (Wildman–Crippen MR) is 78.7 cm³/mol. The maximum atomic E-state index is 13.3. The second kappa shape index (κ2) is 7.16. The van der Waals surface area contributed by atoms with Crippen molar-refractivity contribution in [2.45, 2.75) is 13.5 Å². The zero-order valence-corrected chi connectivity index (χ0v) is 12.8. The third-order valence-corrected chi connectivity index (χ3v) is 3.17. The van der Waals surface area contributed by atoms with Gasteiger partial charge in [0.25, 0.3) is 11.2 Å². The molecule has 0 atom stereocenters. The number of hydrogen-bond donors (Lipinski definition) is 0. The fourth-order valence-electron chi connectivity index (χ4n) is 2.09. The molecule has 1 heterocycles. The maximum absolute atomic E-state index is 13.3. The van der Waals surface area contributed by atoms with E-state index >= 15 is 0 Å². The van der Waals surface area contributed by atoms with Crippen LogP contribution in [0.2, 0.25) is 0 Å². The lowest BCUT2D eigenvalue weighted by Crippen LogP contribution is -2.28. The van der Waals surface area contributed by atoms with Gasteiger partial charge >= 0.3 is 5.97 Å². The number of halogens is 3. The number of pyridine rings is 1. The number of aromatic nitrogens is 1. The minimum absolute atomic E-state index is 0.0602. The number of rotatable bonds is 5. The number of nitro groups is 1. The second-order valence-corrected chi connectivity index (χ2v) is 4.90. The van der Waals surface area contributed by atoms with E-state index in [4.69, 9.17) is 0 Å². The molecular weight excluding hydrogens is 345 g/mol. The first-order chi connectivity index (χ1) is 11.7. The standard InChI is InChI=1S/C15H11F3N2O5/c1-2-25-15(22)10-5-9(20(23)24)7-19(14(10)21)6-8-3-11(16)13(18)12(17)4-8/h3-5,7H,2,6H2,1H3. The van der Waals surface area contributed by atoms with Crippen molar-refractivity contribution < 1.29 is 27.6 Å². The lowest BCUT2D eigenvalue weighted by Gasteiger charge is -2.09. The minimum Gasteiger partial charge on any atom is -0.462 e. The molecule has 0 saturated heterocycles. The van der Waals surface area contributed by atoms with Crippen LogP contribution in [-0.2, 0) is 11.3 Å². The molecular formula is C15H11F3N2O5. The van der Waals surface area contributed by atoms with E-state index in [0.29, 0.717) is 12.1 Å². The molecule has 132 valence electrons. The van der Waals surface area contributed by atoms with Crippen molar-refractivity contribution in [3.05, 3.63) is 73.4 Å². The summed E-state index contributed by atoms with van der Waals surface area (Å²) in [6, 6.07) is 2.05. The van der Waals surface area contributed by atoms with Gasteiger partial charge in [-0.1, -0.05) is 0 Å². The SMILES string of the molecule is CCOC(=O)c1cc([N+](=O)[O-])cn(Cc2cc(F)c(F)c(F)c2)c1=O. The van der Waals surface area contributed by atoms with E-state index in [2.05, 4.69) is 4.74 Å². The van der Waals surface area contributed by atoms with Crippen LogP contribution in [0.4, 0.5) is 18.9 Å². The average Bonchev–Trinajstić information content (AvgIpc) is 2.54. The highest BCUT2D eigenvalue weighted by atomic mass is 19.2. The first-order valence-electron chi connectivity index (χ1n) is 6.94. The molecule has 0 aliphatic rings. The fourth-order valence-corrected chi connectivity index (χ4v) is 2.09. The van der Waals surface area contributed by atoms with Crippen LogP contribution in [0.15, 0.2) is 29.2 Å². The summed E-state index contributed by atoms with van der Waals surface area (Å²) < 4.78 is 44.9. The maximum Gasteiger partial charge on any atom is 0.344 e. The molecule has 2 rings (SSSR count). The highest BCUT2D eigenvalue weighted by molar-refractivity contribution is 5.89. The Morgan fingerprint density at radius 1 is 1.24 bits per heavy atom. The molecule has 0 bridgehead atoms. The summed E-state index contributed by atoms with van der Waals surface area (Å²) in [5.41, 5.74) is -2.30. The van der Waals surface area contributed by atoms with Crippen LogP contribution in [0, 0.1) is 27.6 Å². The van der Waals surface area contributed by atoms with Crippen LogP contribution in [0.25, 0.3) is 0 Å². The van der Waals surface area contributed by atoms with Gasteiger partial charge in [-0.2, -0.15) is 0 Å². The Morgan fingerprint density at radius 3 is 2.36 bits per heavy atom. The lowest BCUT2D eigenvalue weighted by atomic mass is 10.2. The zero-order valence-electron chi connectivity index (χ0n) is 12.8. The Morgan fingerprint density at radius 2 is 1.84 bits per heavy atom. The molecule has 0 saturated carbocycles. The van der Waals surface area contributed by atoms with Crippen LogP contribution in [0.3, 0.4) is 0 Å². The van der Waals surface area contributed by atoms with Crippen molar-refractivity contribution in [1.82, 2.24) is 4.57 Å². The van der Waals surface area contributed by atoms with Gasteiger partial charge in [0, 0.05) is 6.07 Å². The smallest absolute Gasteiger partial charge is 0.344 e. The molecule has 10 heteroatoms. The molecule has 0 fully saturated rings. The third-order valence-electron chi connectivity index (χ3n) is 3.17. The van der Waals surface area contributed by atoms with Gasteiger partial charge in [0.2, 0.25) is 0 Å². The molecule has 7 nitrogen and oxygen atoms in total. The van der Waals surface area contributed by atoms with E-state index in [1.807, 2.05) is 0 Å². The molecule has 0 spiro atoms.